The SMILES string of the molecule is CC1CCN(Cc2cc(O)c3c(c2F)C[C@H]2C[C@H]4[C@H](N(C)C)C(=O)C(C(N)=O)=C(O)[C@@]4(O)C(=O)C2=C3O)CC1. The molecule has 4 aliphatic rings. The second-order valence-electron chi connectivity index (χ2n) is 11.6. The zero-order chi connectivity index (χ0) is 28.5. The number of aromatic hydroxyl groups is 1. The van der Waals surface area contributed by atoms with Gasteiger partial charge in [0.1, 0.15) is 28.7 Å². The van der Waals surface area contributed by atoms with Crippen LogP contribution in [0.3, 0.4) is 0 Å². The van der Waals surface area contributed by atoms with Gasteiger partial charge < -0.3 is 26.2 Å². The maximum absolute atomic E-state index is 15.9. The Hall–Kier alpha value is -3.28. The molecule has 11 heteroatoms. The molecule has 2 fully saturated rings. The van der Waals surface area contributed by atoms with Crippen LogP contribution in [0.15, 0.2) is 23.0 Å². The number of likely N-dealkylation sites (N-methyl/N-ethyl adjacent to an activating group) is 1. The predicted octanol–water partition coefficient (Wildman–Crippen LogP) is 1.34. The van der Waals surface area contributed by atoms with Crippen LogP contribution >= 0.6 is 0 Å². The molecule has 39 heavy (non-hydrogen) atoms. The maximum atomic E-state index is 15.9. The first-order chi connectivity index (χ1) is 18.3. The van der Waals surface area contributed by atoms with E-state index in [0.29, 0.717) is 5.92 Å². The molecule has 1 saturated heterocycles. The van der Waals surface area contributed by atoms with Crippen molar-refractivity contribution in [2.75, 3.05) is 27.2 Å². The average Bonchev–Trinajstić information content (AvgIpc) is 2.85. The molecule has 1 aromatic rings. The smallest absolute Gasteiger partial charge is 0.255 e. The number of aliphatic hydroxyl groups is 3. The summed E-state index contributed by atoms with van der Waals surface area (Å²) in [5.74, 6) is -7.49. The fraction of sp³-hybridized carbons (Fsp3) is 0.536. The van der Waals surface area contributed by atoms with Gasteiger partial charge in [-0.05, 0) is 70.8 Å². The number of carbonyl (C=O) groups is 3. The van der Waals surface area contributed by atoms with Gasteiger partial charge in [0, 0.05) is 29.2 Å². The maximum Gasteiger partial charge on any atom is 0.255 e. The minimum Gasteiger partial charge on any atom is -0.508 e. The number of nitrogens with two attached hydrogens (primary N) is 1. The molecule has 0 spiro atoms. The number of ketones is 2. The van der Waals surface area contributed by atoms with E-state index in [4.69, 9.17) is 5.73 Å². The quantitative estimate of drug-likeness (QED) is 0.352. The third-order valence-corrected chi connectivity index (χ3v) is 9.00. The Bertz CT molecular complexity index is 1340. The molecular formula is C28H34FN3O7. The number of hydrogen-bond donors (Lipinski definition) is 5. The van der Waals surface area contributed by atoms with Gasteiger partial charge in [-0.25, -0.2) is 4.39 Å². The minimum atomic E-state index is -2.72. The highest BCUT2D eigenvalue weighted by atomic mass is 19.1. The summed E-state index contributed by atoms with van der Waals surface area (Å²) in [6, 6.07) is 0.0615. The van der Waals surface area contributed by atoms with Crippen LogP contribution in [0.1, 0.15) is 42.9 Å². The Morgan fingerprint density at radius 3 is 2.44 bits per heavy atom. The number of aliphatic hydroxyl groups excluding tert-OH is 2. The highest BCUT2D eigenvalue weighted by Crippen LogP contribution is 2.53. The van der Waals surface area contributed by atoms with Crippen LogP contribution in [0.4, 0.5) is 4.39 Å². The number of fused-ring (bicyclic) bond motifs is 3. The lowest BCUT2D eigenvalue weighted by Gasteiger charge is -2.50. The molecule has 6 N–H and O–H groups in total. The second kappa shape index (κ2) is 9.42. The number of nitrogens with zero attached hydrogens (tertiary/aromatic N) is 2. The van der Waals surface area contributed by atoms with E-state index in [-0.39, 0.29) is 41.6 Å². The molecule has 5 rings (SSSR count). The molecule has 0 radical (unpaired) electrons. The van der Waals surface area contributed by atoms with Crippen LogP contribution in [0.25, 0.3) is 5.76 Å². The van der Waals surface area contributed by atoms with Gasteiger partial charge in [-0.3, -0.25) is 24.2 Å². The largest absolute Gasteiger partial charge is 0.508 e. The van der Waals surface area contributed by atoms with E-state index < -0.39 is 69.6 Å². The summed E-state index contributed by atoms with van der Waals surface area (Å²) in [7, 11) is 3.05. The summed E-state index contributed by atoms with van der Waals surface area (Å²) in [5, 5.41) is 44.6. The van der Waals surface area contributed by atoms with Crippen molar-refractivity contribution in [2.45, 2.75) is 50.8 Å². The summed E-state index contributed by atoms with van der Waals surface area (Å²) in [4.78, 5) is 42.6. The topological polar surface area (TPSA) is 165 Å². The molecule has 10 nitrogen and oxygen atoms in total. The highest BCUT2D eigenvalue weighted by Gasteiger charge is 2.64. The Morgan fingerprint density at radius 1 is 1.21 bits per heavy atom. The lowest BCUT2D eigenvalue weighted by atomic mass is 9.57. The second-order valence-corrected chi connectivity index (χ2v) is 11.6. The molecule has 1 aliphatic heterocycles. The first-order valence-electron chi connectivity index (χ1n) is 13.2. The molecule has 0 bridgehead atoms. The number of phenols is 1. The van der Waals surface area contributed by atoms with Crippen LogP contribution < -0.4 is 5.73 Å². The van der Waals surface area contributed by atoms with Crippen molar-refractivity contribution in [3.63, 3.8) is 0 Å². The van der Waals surface area contributed by atoms with Crippen molar-refractivity contribution in [3.8, 4) is 5.75 Å². The molecule has 1 saturated carbocycles. The van der Waals surface area contributed by atoms with Gasteiger partial charge in [-0.1, -0.05) is 6.92 Å². The third-order valence-electron chi connectivity index (χ3n) is 9.00. The van der Waals surface area contributed by atoms with E-state index in [2.05, 4.69) is 11.8 Å². The summed E-state index contributed by atoms with van der Waals surface area (Å²) < 4.78 is 15.9. The number of primary amides is 1. The number of rotatable bonds is 4. The predicted molar refractivity (Wildman–Crippen MR) is 138 cm³/mol. The first-order valence-corrected chi connectivity index (χ1v) is 13.2. The number of hydrogen-bond acceptors (Lipinski definition) is 9. The summed E-state index contributed by atoms with van der Waals surface area (Å²) >= 11 is 0. The number of carbonyl (C=O) groups excluding carboxylic acids is 3. The summed E-state index contributed by atoms with van der Waals surface area (Å²) in [5.41, 5.74) is 1.54. The van der Waals surface area contributed by atoms with Crippen LogP contribution in [-0.2, 0) is 27.3 Å². The number of halogens is 1. The number of amides is 1. The van der Waals surface area contributed by atoms with Gasteiger partial charge in [0.05, 0.1) is 11.6 Å². The lowest BCUT2D eigenvalue weighted by molar-refractivity contribution is -0.153. The van der Waals surface area contributed by atoms with Crippen molar-refractivity contribution in [3.05, 3.63) is 45.5 Å². The van der Waals surface area contributed by atoms with Gasteiger partial charge in [-0.2, -0.15) is 0 Å². The van der Waals surface area contributed by atoms with Crippen LogP contribution in [0, 0.1) is 23.6 Å². The fourth-order valence-electron chi connectivity index (χ4n) is 6.92. The molecule has 210 valence electrons. The van der Waals surface area contributed by atoms with Gasteiger partial charge in [0.25, 0.3) is 5.91 Å². The molecule has 0 unspecified atom stereocenters. The van der Waals surface area contributed by atoms with Crippen molar-refractivity contribution >= 4 is 23.2 Å². The van der Waals surface area contributed by atoms with Crippen molar-refractivity contribution < 1.29 is 39.2 Å². The Labute approximate surface area is 225 Å². The minimum absolute atomic E-state index is 0.0565. The van der Waals surface area contributed by atoms with E-state index in [1.54, 1.807) is 0 Å². The zero-order valence-electron chi connectivity index (χ0n) is 22.2. The third kappa shape index (κ3) is 3.97. The van der Waals surface area contributed by atoms with Crippen LogP contribution in [-0.4, -0.2) is 86.5 Å². The Balaban J connectivity index is 1.61. The van der Waals surface area contributed by atoms with Crippen LogP contribution in [0.5, 0.6) is 5.75 Å². The molecule has 1 amide bonds. The molecule has 1 aromatic carbocycles. The van der Waals surface area contributed by atoms with E-state index >= 15 is 4.39 Å². The zero-order valence-corrected chi connectivity index (χ0v) is 22.2. The van der Waals surface area contributed by atoms with Crippen molar-refractivity contribution in [2.24, 2.45) is 23.5 Å². The summed E-state index contributed by atoms with van der Waals surface area (Å²) in [6.07, 6.45) is 1.83. The number of benzene rings is 1. The molecular weight excluding hydrogens is 509 g/mol. The summed E-state index contributed by atoms with van der Waals surface area (Å²) in [6.45, 7) is 4.06. The number of piperidine rings is 1. The number of phenolic OH excluding ortho intramolecular Hbond substituents is 1. The van der Waals surface area contributed by atoms with Gasteiger partial charge >= 0.3 is 0 Å². The highest BCUT2D eigenvalue weighted by molar-refractivity contribution is 6.24. The molecule has 4 atom stereocenters. The number of Topliss-reactive ketones (excluding diaryl/α,β-unsaturated/α-hetero) is 2. The average molecular weight is 544 g/mol. The normalized spacial score (nSPS) is 29.9. The van der Waals surface area contributed by atoms with E-state index in [1.807, 2.05) is 0 Å². The van der Waals surface area contributed by atoms with Gasteiger partial charge in [0.2, 0.25) is 5.78 Å². The van der Waals surface area contributed by atoms with Gasteiger partial charge in [0.15, 0.2) is 11.4 Å². The molecule has 3 aliphatic carbocycles. The Morgan fingerprint density at radius 2 is 1.85 bits per heavy atom. The molecule has 1 heterocycles. The first kappa shape index (κ1) is 27.3. The van der Waals surface area contributed by atoms with Crippen molar-refractivity contribution in [1.82, 2.24) is 9.80 Å². The Kier molecular flexibility index (Phi) is 6.60. The molecule has 0 aromatic heterocycles. The lowest BCUT2D eigenvalue weighted by Crippen LogP contribution is -2.65. The van der Waals surface area contributed by atoms with Crippen LogP contribution in [0.2, 0.25) is 0 Å². The van der Waals surface area contributed by atoms with Gasteiger partial charge in [-0.15, -0.1) is 0 Å². The van der Waals surface area contributed by atoms with Crippen molar-refractivity contribution in [1.29, 1.82) is 0 Å². The van der Waals surface area contributed by atoms with E-state index in [0.717, 1.165) is 25.9 Å². The van der Waals surface area contributed by atoms with E-state index in [9.17, 15) is 34.8 Å². The number of likely N-dealkylation sites (tertiary alicyclic amines) is 1. The monoisotopic (exact) mass is 543 g/mol. The standard InChI is InChI=1S/C28H34FN3O7/c1-12-4-6-32(7-5-12)11-14-10-17(33)19-15(21(14)29)8-13-9-16-22(31(2)3)24(35)20(27(30)38)26(37)28(16,39)25(36)18(13)23(19)34/h10,12-13,16,22,33-34,37,39H,4-9,11H2,1-3H3,(H2,30,38)/t13-,16-,22-,28-/m0/s1. The fourth-order valence-corrected chi connectivity index (χ4v) is 6.92. The van der Waals surface area contributed by atoms with E-state index in [1.165, 1.54) is 25.1 Å².